The van der Waals surface area contributed by atoms with Crippen molar-refractivity contribution in [1.82, 2.24) is 5.32 Å². The van der Waals surface area contributed by atoms with E-state index < -0.39 is 23.7 Å². The van der Waals surface area contributed by atoms with Crippen LogP contribution in [0.3, 0.4) is 0 Å². The molecular formula is C29H36N2O8. The Morgan fingerprint density at radius 1 is 0.923 bits per heavy atom. The molecule has 3 aromatic rings. The number of alkyl carbamates (subject to hydrolysis) is 1. The van der Waals surface area contributed by atoms with E-state index in [-0.39, 0.29) is 19.1 Å². The summed E-state index contributed by atoms with van der Waals surface area (Å²) in [5.41, 5.74) is 1.72. The zero-order valence-electron chi connectivity index (χ0n) is 22.6. The number of ether oxygens (including phenoxy) is 4. The summed E-state index contributed by atoms with van der Waals surface area (Å²) in [6.07, 6.45) is -0.274. The van der Waals surface area contributed by atoms with Crippen molar-refractivity contribution >= 4 is 28.7 Å². The second-order valence-corrected chi connectivity index (χ2v) is 9.34. The average Bonchev–Trinajstić information content (AvgIpc) is 2.91. The van der Waals surface area contributed by atoms with E-state index in [1.54, 1.807) is 25.3 Å². The summed E-state index contributed by atoms with van der Waals surface area (Å²) in [5, 5.41) is 6.15. The second-order valence-electron chi connectivity index (χ2n) is 9.34. The maximum atomic E-state index is 13.1. The van der Waals surface area contributed by atoms with Gasteiger partial charge in [-0.15, -0.1) is 0 Å². The Hall–Kier alpha value is -3.73. The number of nitrogens with one attached hydrogen (secondary N) is 2. The Labute approximate surface area is 227 Å². The first-order chi connectivity index (χ1) is 18.9. The van der Waals surface area contributed by atoms with Gasteiger partial charge in [0.2, 0.25) is 5.91 Å². The molecule has 0 radical (unpaired) electrons. The predicted molar refractivity (Wildman–Crippen MR) is 146 cm³/mol. The molecule has 1 atom stereocenters. The molecule has 39 heavy (non-hydrogen) atoms. The lowest BCUT2D eigenvalue weighted by Gasteiger charge is -2.20. The minimum Gasteiger partial charge on any atom is -0.445 e. The van der Waals surface area contributed by atoms with E-state index in [1.807, 2.05) is 44.2 Å². The fraction of sp³-hybridized carbons (Fsp3) is 0.414. The van der Waals surface area contributed by atoms with Gasteiger partial charge in [0.25, 0.3) is 0 Å². The Balaban J connectivity index is 1.62. The maximum Gasteiger partial charge on any atom is 0.408 e. The molecule has 1 heterocycles. The van der Waals surface area contributed by atoms with Crippen LogP contribution in [-0.2, 0) is 37.0 Å². The molecule has 210 valence electrons. The van der Waals surface area contributed by atoms with E-state index in [2.05, 4.69) is 10.6 Å². The Bertz CT molecular complexity index is 1260. The molecule has 0 bridgehead atoms. The molecule has 0 aliphatic heterocycles. The third kappa shape index (κ3) is 10.2. The van der Waals surface area contributed by atoms with Gasteiger partial charge in [0, 0.05) is 30.3 Å². The molecule has 2 aromatic carbocycles. The highest BCUT2D eigenvalue weighted by Gasteiger charge is 2.23. The first-order valence-corrected chi connectivity index (χ1v) is 12.8. The number of anilines is 1. The molecule has 0 fully saturated rings. The first-order valence-electron chi connectivity index (χ1n) is 12.8. The lowest BCUT2D eigenvalue weighted by molar-refractivity contribution is -0.118. The lowest BCUT2D eigenvalue weighted by Crippen LogP contribution is -2.44. The molecule has 1 aromatic heterocycles. The van der Waals surface area contributed by atoms with Crippen LogP contribution in [-0.4, -0.2) is 51.6 Å². The van der Waals surface area contributed by atoms with Gasteiger partial charge in [0.05, 0.1) is 33.0 Å². The summed E-state index contributed by atoms with van der Waals surface area (Å²) in [6.45, 7) is 5.97. The van der Waals surface area contributed by atoms with Crippen LogP contribution in [0.4, 0.5) is 10.5 Å². The normalized spacial score (nSPS) is 11.9. The quantitative estimate of drug-likeness (QED) is 0.217. The number of fused-ring (bicyclic) bond motifs is 1. The Morgan fingerprint density at radius 2 is 1.67 bits per heavy atom. The summed E-state index contributed by atoms with van der Waals surface area (Å²) in [6, 6.07) is 14.9. The summed E-state index contributed by atoms with van der Waals surface area (Å²) in [5.74, 6) is -0.271. The zero-order valence-corrected chi connectivity index (χ0v) is 22.6. The van der Waals surface area contributed by atoms with E-state index in [9.17, 15) is 14.4 Å². The smallest absolute Gasteiger partial charge is 0.408 e. The minimum atomic E-state index is -0.818. The van der Waals surface area contributed by atoms with E-state index in [0.717, 1.165) is 5.56 Å². The van der Waals surface area contributed by atoms with Crippen LogP contribution in [0.1, 0.15) is 31.4 Å². The number of rotatable bonds is 15. The summed E-state index contributed by atoms with van der Waals surface area (Å²) in [7, 11) is 1.61. The zero-order chi connectivity index (χ0) is 28.0. The second kappa shape index (κ2) is 15.6. The molecule has 0 spiro atoms. The lowest BCUT2D eigenvalue weighted by atomic mass is 10.0. The molecule has 10 heteroatoms. The van der Waals surface area contributed by atoms with Crippen LogP contribution in [0.5, 0.6) is 0 Å². The number of hydrogen-bond acceptors (Lipinski definition) is 8. The minimum absolute atomic E-state index is 0.0965. The first kappa shape index (κ1) is 29.8. The number of benzene rings is 2. The fourth-order valence-corrected chi connectivity index (χ4v) is 3.81. The fourth-order valence-electron chi connectivity index (χ4n) is 3.81. The van der Waals surface area contributed by atoms with Crippen LogP contribution in [0, 0.1) is 5.92 Å². The highest BCUT2D eigenvalue weighted by Crippen LogP contribution is 2.22. The topological polar surface area (TPSA) is 125 Å². The van der Waals surface area contributed by atoms with Gasteiger partial charge >= 0.3 is 11.7 Å². The molecule has 0 saturated heterocycles. The molecule has 0 aliphatic rings. The Morgan fingerprint density at radius 3 is 2.41 bits per heavy atom. The van der Waals surface area contributed by atoms with Gasteiger partial charge in [-0.05, 0) is 35.6 Å². The van der Waals surface area contributed by atoms with E-state index in [0.29, 0.717) is 55.1 Å². The standard InChI is InChI=1S/C29H36N2O8/c1-20(2)15-25(31-29(34)38-18-21-7-5-4-6-8-21)28(33)30-23-9-10-24-22(16-27(32)39-26(24)17-23)19-37-14-13-36-12-11-35-3/h4-10,16-17,20,25H,11-15,18-19H2,1-3H3,(H,30,33)(H,31,34)/t25-/m0/s1. The van der Waals surface area contributed by atoms with Crippen LogP contribution in [0.15, 0.2) is 63.8 Å². The molecule has 10 nitrogen and oxygen atoms in total. The van der Waals surface area contributed by atoms with E-state index in [4.69, 9.17) is 23.4 Å². The molecular weight excluding hydrogens is 504 g/mol. The van der Waals surface area contributed by atoms with Crippen LogP contribution in [0.2, 0.25) is 0 Å². The number of methoxy groups -OCH3 is 1. The third-order valence-electron chi connectivity index (χ3n) is 5.69. The number of carbonyl (C=O) groups is 2. The molecule has 0 saturated carbocycles. The number of amides is 2. The van der Waals surface area contributed by atoms with Gasteiger partial charge in [0.15, 0.2) is 0 Å². The highest BCUT2D eigenvalue weighted by atomic mass is 16.5. The van der Waals surface area contributed by atoms with Gasteiger partial charge < -0.3 is 34.0 Å². The van der Waals surface area contributed by atoms with Gasteiger partial charge in [0.1, 0.15) is 18.2 Å². The van der Waals surface area contributed by atoms with Gasteiger partial charge in [-0.2, -0.15) is 0 Å². The molecule has 0 aliphatic carbocycles. The summed E-state index contributed by atoms with van der Waals surface area (Å²) < 4.78 is 26.6. The van der Waals surface area contributed by atoms with Crippen LogP contribution in [0.25, 0.3) is 11.0 Å². The maximum absolute atomic E-state index is 13.1. The monoisotopic (exact) mass is 540 g/mol. The average molecular weight is 541 g/mol. The van der Waals surface area contributed by atoms with Crippen molar-refractivity contribution in [2.45, 2.75) is 39.5 Å². The van der Waals surface area contributed by atoms with Crippen LogP contribution >= 0.6 is 0 Å². The van der Waals surface area contributed by atoms with Crippen molar-refractivity contribution in [3.05, 3.63) is 76.1 Å². The largest absolute Gasteiger partial charge is 0.445 e. The van der Waals surface area contributed by atoms with Crippen molar-refractivity contribution in [3.8, 4) is 0 Å². The van der Waals surface area contributed by atoms with E-state index in [1.165, 1.54) is 6.07 Å². The van der Waals surface area contributed by atoms with Crippen LogP contribution < -0.4 is 16.3 Å². The SMILES string of the molecule is COCCOCCOCc1cc(=O)oc2cc(NC(=O)[C@H](CC(C)C)NC(=O)OCc3ccccc3)ccc12. The van der Waals surface area contributed by atoms with Crippen molar-refractivity contribution in [2.24, 2.45) is 5.92 Å². The van der Waals surface area contributed by atoms with Gasteiger partial charge in [-0.1, -0.05) is 44.2 Å². The molecule has 3 rings (SSSR count). The third-order valence-corrected chi connectivity index (χ3v) is 5.69. The molecule has 2 N–H and O–H groups in total. The predicted octanol–water partition coefficient (Wildman–Crippen LogP) is 4.25. The van der Waals surface area contributed by atoms with Gasteiger partial charge in [-0.3, -0.25) is 4.79 Å². The molecule has 2 amide bonds. The van der Waals surface area contributed by atoms with E-state index >= 15 is 0 Å². The van der Waals surface area contributed by atoms with Crippen molar-refractivity contribution in [1.29, 1.82) is 0 Å². The van der Waals surface area contributed by atoms with Gasteiger partial charge in [-0.25, -0.2) is 9.59 Å². The number of carbonyl (C=O) groups excluding carboxylic acids is 2. The molecule has 0 unspecified atom stereocenters. The van der Waals surface area contributed by atoms with Crippen molar-refractivity contribution in [2.75, 3.05) is 38.9 Å². The van der Waals surface area contributed by atoms with Crippen molar-refractivity contribution < 1.29 is 33.0 Å². The summed E-state index contributed by atoms with van der Waals surface area (Å²) >= 11 is 0. The number of hydrogen-bond donors (Lipinski definition) is 2. The highest BCUT2D eigenvalue weighted by molar-refractivity contribution is 5.98. The Kier molecular flexibility index (Phi) is 11.9. The van der Waals surface area contributed by atoms with Crippen molar-refractivity contribution in [3.63, 3.8) is 0 Å². The summed E-state index contributed by atoms with van der Waals surface area (Å²) in [4.78, 5) is 37.6.